The predicted molar refractivity (Wildman–Crippen MR) is 265 cm³/mol. The fourth-order valence-electron chi connectivity index (χ4n) is 8.60. The van der Waals surface area contributed by atoms with Crippen LogP contribution < -0.4 is 0 Å². The molecule has 18 nitrogen and oxygen atoms in total. The summed E-state index contributed by atoms with van der Waals surface area (Å²) in [6.45, 7) is 18.1. The van der Waals surface area contributed by atoms with Gasteiger partial charge >= 0.3 is 17.9 Å². The normalized spacial score (nSPS) is 34.8. The molecule has 0 aromatic heterocycles. The quantitative estimate of drug-likeness (QED) is 0.0655. The van der Waals surface area contributed by atoms with Gasteiger partial charge in [-0.25, -0.2) is 9.59 Å². The van der Waals surface area contributed by atoms with Gasteiger partial charge in [-0.1, -0.05) is 86.9 Å². The van der Waals surface area contributed by atoms with Crippen LogP contribution in [0, 0.1) is 11.8 Å². The van der Waals surface area contributed by atoms with E-state index < -0.39 is 144 Å². The lowest BCUT2D eigenvalue weighted by Crippen LogP contribution is -2.64. The maximum Gasteiger partial charge on any atom is 0.342 e. The average Bonchev–Trinajstić information content (AvgIpc) is 3.32. The van der Waals surface area contributed by atoms with Crippen LogP contribution in [0.4, 0.5) is 0 Å². The molecule has 1 aromatic rings. The first kappa shape index (κ1) is 60.7. The van der Waals surface area contributed by atoms with E-state index in [9.17, 15) is 50.1 Å². The molecule has 20 heteroatoms. The minimum absolute atomic E-state index is 0.0372. The second-order valence-electron chi connectivity index (χ2n) is 19.4. The summed E-state index contributed by atoms with van der Waals surface area (Å²) in [5.74, 6) is -4.78. The second-order valence-corrected chi connectivity index (χ2v) is 20.1. The Bertz CT molecular complexity index is 2220. The van der Waals surface area contributed by atoms with Crippen LogP contribution in [0.15, 0.2) is 58.7 Å². The predicted octanol–water partition coefficient (Wildman–Crippen LogP) is 6.23. The number of esters is 3. The van der Waals surface area contributed by atoms with Crippen molar-refractivity contribution in [1.82, 2.24) is 0 Å². The Balaban J connectivity index is 1.61. The lowest BCUT2D eigenvalue weighted by molar-refractivity contribution is -0.333. The van der Waals surface area contributed by atoms with Crippen molar-refractivity contribution in [2.75, 3.05) is 13.7 Å². The highest BCUT2D eigenvalue weighted by Gasteiger charge is 2.53. The van der Waals surface area contributed by atoms with Crippen molar-refractivity contribution < 1.29 is 88.0 Å². The number of aromatic hydroxyl groups is 2. The van der Waals surface area contributed by atoms with Crippen LogP contribution in [0.5, 0.6) is 11.5 Å². The Morgan fingerprint density at radius 2 is 1.57 bits per heavy atom. The van der Waals surface area contributed by atoms with Gasteiger partial charge in [-0.05, 0) is 90.5 Å². The van der Waals surface area contributed by atoms with E-state index in [-0.39, 0.29) is 35.4 Å². The number of carbonyl (C=O) groups is 3. The third-order valence-corrected chi connectivity index (χ3v) is 13.8. The maximum absolute atomic E-state index is 13.9. The van der Waals surface area contributed by atoms with Gasteiger partial charge in [0.1, 0.15) is 46.7 Å². The molecule has 3 aliphatic rings. The van der Waals surface area contributed by atoms with E-state index in [1.54, 1.807) is 53.7 Å². The maximum atomic E-state index is 13.9. The Morgan fingerprint density at radius 3 is 2.17 bits per heavy atom. The van der Waals surface area contributed by atoms with Crippen molar-refractivity contribution in [2.24, 2.45) is 11.8 Å². The Labute approximate surface area is 431 Å². The number of halogens is 2. The minimum Gasteiger partial charge on any atom is -0.505 e. The third-order valence-electron chi connectivity index (χ3n) is 13.0. The highest BCUT2D eigenvalue weighted by Crippen LogP contribution is 2.45. The number of phenols is 2. The molecule has 0 aliphatic carbocycles. The third kappa shape index (κ3) is 14.7. The Morgan fingerprint density at radius 1 is 0.903 bits per heavy atom. The molecule has 0 bridgehead atoms. The first-order valence-electron chi connectivity index (χ1n) is 24.2. The van der Waals surface area contributed by atoms with E-state index in [0.717, 1.165) is 0 Å². The van der Waals surface area contributed by atoms with E-state index in [1.807, 2.05) is 32.9 Å². The minimum atomic E-state index is -1.61. The largest absolute Gasteiger partial charge is 0.505 e. The number of aliphatic hydroxyl groups is 5. The number of hydrogen-bond acceptors (Lipinski definition) is 18. The van der Waals surface area contributed by atoms with Crippen LogP contribution in [0.3, 0.4) is 0 Å². The molecule has 4 rings (SSSR count). The zero-order valence-corrected chi connectivity index (χ0v) is 44.5. The highest BCUT2D eigenvalue weighted by atomic mass is 35.5. The molecule has 0 amide bonds. The van der Waals surface area contributed by atoms with Gasteiger partial charge in [0, 0.05) is 19.4 Å². The molecule has 14 atom stereocenters. The number of benzene rings is 1. The van der Waals surface area contributed by atoms with Crippen molar-refractivity contribution in [3.05, 3.63) is 79.9 Å². The van der Waals surface area contributed by atoms with Crippen molar-refractivity contribution >= 4 is 41.1 Å². The summed E-state index contributed by atoms with van der Waals surface area (Å²) in [6.07, 6.45) is -5.45. The molecule has 7 N–H and O–H groups in total. The van der Waals surface area contributed by atoms with Gasteiger partial charge in [-0.3, -0.25) is 4.79 Å². The average molecular weight is 1060 g/mol. The van der Waals surface area contributed by atoms with Crippen LogP contribution in [0.25, 0.3) is 0 Å². The Kier molecular flexibility index (Phi) is 22.4. The van der Waals surface area contributed by atoms with E-state index >= 15 is 0 Å². The van der Waals surface area contributed by atoms with E-state index in [2.05, 4.69) is 0 Å². The highest BCUT2D eigenvalue weighted by molar-refractivity contribution is 6.39. The number of allylic oxidation sites excluding steroid dienone is 4. The number of phenolic OH excluding ortho intramolecular Hbond substituents is 2. The molecule has 0 radical (unpaired) electrons. The lowest BCUT2D eigenvalue weighted by Gasteiger charge is -2.47. The zero-order chi connectivity index (χ0) is 54.1. The first-order chi connectivity index (χ1) is 33.7. The summed E-state index contributed by atoms with van der Waals surface area (Å²) < 4.78 is 47.5. The number of methoxy groups -OCH3 is 1. The van der Waals surface area contributed by atoms with Gasteiger partial charge in [0.25, 0.3) is 0 Å². The summed E-state index contributed by atoms with van der Waals surface area (Å²) in [5.41, 5.74) is 0.318. The molecule has 2 saturated heterocycles. The van der Waals surface area contributed by atoms with Crippen molar-refractivity contribution in [2.45, 2.75) is 187 Å². The monoisotopic (exact) mass is 1060 g/mol. The van der Waals surface area contributed by atoms with Crippen LogP contribution in [0.2, 0.25) is 10.0 Å². The Hall–Kier alpha value is -3.89. The smallest absolute Gasteiger partial charge is 0.342 e. The number of aliphatic hydroxyl groups excluding tert-OH is 5. The second kappa shape index (κ2) is 26.5. The summed E-state index contributed by atoms with van der Waals surface area (Å²) in [5, 5.41) is 76.5. The SMILES string of the molecule is CCc1c(Cl)c(O)c(Cl)c(O)c1C(=O)O[C@H]1[C@H](O)[C@H](OC)[C@H](OC/C2=C\C=C\C[C@H](O)/C(C)=C\[C@H](CC)C(O[C@@H]3OC(C)(C)[C@@H](OC(=O)C(C)C)[C@H](O)[C@@H]3O)/C(C)=C/C(C)=C/C[C@@H]([C@@H](C)O)OC2=O)O[C@@H]1C. The molecule has 404 valence electrons. The fourth-order valence-corrected chi connectivity index (χ4v) is 9.16. The number of carbonyl (C=O) groups excluding carboxylic acids is 3. The van der Waals surface area contributed by atoms with E-state index in [1.165, 1.54) is 33.1 Å². The molecule has 0 spiro atoms. The van der Waals surface area contributed by atoms with Gasteiger partial charge in [-0.2, -0.15) is 0 Å². The summed E-state index contributed by atoms with van der Waals surface area (Å²) in [6, 6.07) is 0. The number of rotatable bonds is 13. The topological polar surface area (TPSA) is 267 Å². The van der Waals surface area contributed by atoms with E-state index in [4.69, 9.17) is 61.1 Å². The van der Waals surface area contributed by atoms with Crippen LogP contribution in [-0.4, -0.2) is 153 Å². The lowest BCUT2D eigenvalue weighted by atomic mass is 9.88. The number of hydrogen-bond donors (Lipinski definition) is 7. The number of cyclic esters (lactones) is 1. The molecule has 1 aromatic carbocycles. The molecule has 72 heavy (non-hydrogen) atoms. The molecular weight excluding hydrogens is 983 g/mol. The molecule has 0 saturated carbocycles. The van der Waals surface area contributed by atoms with E-state index in [0.29, 0.717) is 23.1 Å². The number of ether oxygens (including phenoxy) is 8. The molecule has 2 fully saturated rings. The summed E-state index contributed by atoms with van der Waals surface area (Å²) in [7, 11) is 1.26. The van der Waals surface area contributed by atoms with Crippen LogP contribution in [-0.2, 0) is 53.9 Å². The van der Waals surface area contributed by atoms with Gasteiger partial charge in [-0.15, -0.1) is 0 Å². The van der Waals surface area contributed by atoms with Gasteiger partial charge in [0.15, 0.2) is 36.3 Å². The molecular formula is C52H74Cl2O18. The van der Waals surface area contributed by atoms with Crippen LogP contribution >= 0.6 is 23.2 Å². The standard InChI is InChI=1S/C52H74Cl2O18/c1-13-30-22-26(6)33(56)18-16-15-17-31(23-66-51-45(65-12)42(61)44(29(9)67-51)69-49(64)35-32(14-2)36(53)39(58)37(54)38(35)57)48(63)68-34(28(8)55)20-19-25(5)21-27(7)43(30)70-50-41(60)40(59)46(52(10,11)72-50)71-47(62)24(3)4/h15-17,19,21-22,24,28-30,33-34,40-46,50-51,55-61H,13-14,18,20,23H2,1-12H3/b16-15+,25-19+,26-22-,27-21+,31-17+/t28-,29-,30+,33+,34+,40-,41+,42+,43?,44-,45+,46+,50-,51-/m1/s1. The first-order valence-corrected chi connectivity index (χ1v) is 24.9. The van der Waals surface area contributed by atoms with Crippen LogP contribution in [0.1, 0.15) is 111 Å². The van der Waals surface area contributed by atoms with Crippen molar-refractivity contribution in [3.63, 3.8) is 0 Å². The summed E-state index contributed by atoms with van der Waals surface area (Å²) in [4.78, 5) is 40.0. The fraction of sp³-hybridized carbons (Fsp3) is 0.635. The van der Waals surface area contributed by atoms with Crippen molar-refractivity contribution in [1.29, 1.82) is 0 Å². The molecule has 1 unspecified atom stereocenters. The molecule has 3 heterocycles. The van der Waals surface area contributed by atoms with Gasteiger partial charge < -0.3 is 73.6 Å². The van der Waals surface area contributed by atoms with Gasteiger partial charge in [0.05, 0.1) is 47.5 Å². The summed E-state index contributed by atoms with van der Waals surface area (Å²) >= 11 is 12.3. The zero-order valence-electron chi connectivity index (χ0n) is 43.0. The van der Waals surface area contributed by atoms with Crippen molar-refractivity contribution in [3.8, 4) is 11.5 Å². The van der Waals surface area contributed by atoms with Gasteiger partial charge in [0.2, 0.25) is 0 Å². The molecule has 3 aliphatic heterocycles.